The lowest BCUT2D eigenvalue weighted by Gasteiger charge is -2.34. The second-order valence-corrected chi connectivity index (χ2v) is 10.7. The van der Waals surface area contributed by atoms with Crippen LogP contribution in [0, 0.1) is 19.8 Å². The number of nitrogens with zero attached hydrogens (tertiary/aromatic N) is 3. The quantitative estimate of drug-likeness (QED) is 0.385. The van der Waals surface area contributed by atoms with Crippen LogP contribution in [-0.4, -0.2) is 70.9 Å². The van der Waals surface area contributed by atoms with E-state index in [2.05, 4.69) is 46.8 Å². The minimum Gasteiger partial charge on any atom is -0.488 e. The molecule has 0 fully saturated rings. The molecule has 0 unspecified atom stereocenters. The molecule has 40 heavy (non-hydrogen) atoms. The Morgan fingerprint density at radius 2 is 1.95 bits per heavy atom. The molecule has 3 atom stereocenters. The van der Waals surface area contributed by atoms with Crippen molar-refractivity contribution in [2.24, 2.45) is 5.92 Å². The smallest absolute Gasteiger partial charge is 0.323 e. The molecule has 0 saturated heterocycles. The number of aromatic nitrogens is 1. The van der Waals surface area contributed by atoms with E-state index < -0.39 is 6.03 Å². The molecule has 3 N–H and O–H groups in total. The van der Waals surface area contributed by atoms with E-state index in [9.17, 15) is 14.7 Å². The third-order valence-corrected chi connectivity index (χ3v) is 7.23. The van der Waals surface area contributed by atoms with Gasteiger partial charge < -0.3 is 29.9 Å². The number of aryl methyl sites for hydroxylation is 2. The van der Waals surface area contributed by atoms with Gasteiger partial charge in [0.15, 0.2) is 5.76 Å². The number of hydrogen-bond donors (Lipinski definition) is 3. The van der Waals surface area contributed by atoms with Crippen LogP contribution in [0.2, 0.25) is 0 Å². The van der Waals surface area contributed by atoms with Gasteiger partial charge in [-0.15, -0.1) is 0 Å². The third-order valence-electron chi connectivity index (χ3n) is 7.23. The van der Waals surface area contributed by atoms with E-state index >= 15 is 0 Å². The Morgan fingerprint density at radius 1 is 1.20 bits per heavy atom. The molecule has 10 heteroatoms. The van der Waals surface area contributed by atoms with Crippen LogP contribution in [0.15, 0.2) is 53.1 Å². The summed E-state index contributed by atoms with van der Waals surface area (Å²) in [6, 6.07) is 14.8. The number of ether oxygens (including phenoxy) is 1. The number of carbonyl (C=O) groups excluding carboxylic acids is 2. The zero-order valence-corrected chi connectivity index (χ0v) is 23.8. The van der Waals surface area contributed by atoms with Crippen LogP contribution in [0.25, 0.3) is 0 Å². The van der Waals surface area contributed by atoms with Crippen molar-refractivity contribution in [1.82, 2.24) is 15.0 Å². The molecule has 0 aliphatic carbocycles. The fourth-order valence-corrected chi connectivity index (χ4v) is 4.93. The van der Waals surface area contributed by atoms with Crippen LogP contribution < -0.4 is 15.4 Å². The molecule has 3 amide bonds. The molecule has 10 nitrogen and oxygen atoms in total. The van der Waals surface area contributed by atoms with E-state index in [1.54, 1.807) is 36.9 Å². The first-order valence-electron chi connectivity index (χ1n) is 13.6. The summed E-state index contributed by atoms with van der Waals surface area (Å²) in [5, 5.41) is 19.3. The number of aliphatic hydroxyl groups excluding tert-OH is 1. The minimum atomic E-state index is -0.450. The van der Waals surface area contributed by atoms with Crippen molar-refractivity contribution in [3.8, 4) is 5.75 Å². The van der Waals surface area contributed by atoms with Gasteiger partial charge in [-0.3, -0.25) is 9.69 Å². The Balaban J connectivity index is 1.57. The zero-order valence-electron chi connectivity index (χ0n) is 23.8. The standard InChI is InChI=1S/C30H39N5O5/c1-19-15-35(20(2)18-36)28(37)14-24-13-25(31-30(38)32-29-21(3)33-40-22(29)4)11-12-26(24)39-27(19)17-34(5)16-23-9-7-6-8-10-23/h6-13,19-20,27,36H,14-18H2,1-5H3,(H2,31,32,38)/t19-,20-,27-/m0/s1. The number of rotatable bonds is 8. The predicted molar refractivity (Wildman–Crippen MR) is 153 cm³/mol. The number of hydrogen-bond acceptors (Lipinski definition) is 7. The lowest BCUT2D eigenvalue weighted by Crippen LogP contribution is -2.47. The van der Waals surface area contributed by atoms with Crippen LogP contribution in [0.5, 0.6) is 5.75 Å². The van der Waals surface area contributed by atoms with Crippen LogP contribution in [0.4, 0.5) is 16.2 Å². The SMILES string of the molecule is Cc1noc(C)c1NC(=O)Nc1ccc2c(c1)CC(=O)N([C@@H](C)CO)C[C@H](C)[C@H](CN(C)Cc1ccccc1)O2. The number of nitrogens with one attached hydrogen (secondary N) is 2. The van der Waals surface area contributed by atoms with E-state index in [1.807, 2.05) is 25.1 Å². The lowest BCUT2D eigenvalue weighted by molar-refractivity contribution is -0.134. The molecule has 0 bridgehead atoms. The summed E-state index contributed by atoms with van der Waals surface area (Å²) in [5.41, 5.74) is 3.49. The van der Waals surface area contributed by atoms with Gasteiger partial charge in [0.05, 0.1) is 19.1 Å². The highest BCUT2D eigenvalue weighted by molar-refractivity contribution is 6.00. The molecular weight excluding hydrogens is 510 g/mol. The zero-order chi connectivity index (χ0) is 28.8. The van der Waals surface area contributed by atoms with Crippen LogP contribution in [0.3, 0.4) is 0 Å². The molecule has 3 aromatic rings. The van der Waals surface area contributed by atoms with Gasteiger partial charge in [-0.2, -0.15) is 0 Å². The summed E-state index contributed by atoms with van der Waals surface area (Å²) in [5.74, 6) is 1.01. The third kappa shape index (κ3) is 7.19. The van der Waals surface area contributed by atoms with Gasteiger partial charge in [0.1, 0.15) is 23.2 Å². The molecule has 214 valence electrons. The molecule has 0 saturated carbocycles. The highest BCUT2D eigenvalue weighted by Gasteiger charge is 2.31. The normalized spacial score (nSPS) is 18.3. The summed E-state index contributed by atoms with van der Waals surface area (Å²) in [7, 11) is 2.06. The molecule has 2 heterocycles. The van der Waals surface area contributed by atoms with Crippen molar-refractivity contribution < 1.29 is 24.0 Å². The molecule has 0 radical (unpaired) electrons. The molecule has 1 aromatic heterocycles. The molecule has 0 spiro atoms. The second-order valence-electron chi connectivity index (χ2n) is 10.7. The van der Waals surface area contributed by atoms with Crippen LogP contribution in [0.1, 0.15) is 36.4 Å². The molecule has 1 aliphatic rings. The maximum absolute atomic E-state index is 13.5. The number of anilines is 2. The van der Waals surface area contributed by atoms with Gasteiger partial charge in [-0.05, 0) is 51.6 Å². The van der Waals surface area contributed by atoms with E-state index in [0.29, 0.717) is 47.2 Å². The number of benzene rings is 2. The highest BCUT2D eigenvalue weighted by Crippen LogP contribution is 2.29. The summed E-state index contributed by atoms with van der Waals surface area (Å²) in [6.07, 6.45) is -0.131. The minimum absolute atomic E-state index is 0.000696. The fraction of sp³-hybridized carbons (Fsp3) is 0.433. The largest absolute Gasteiger partial charge is 0.488 e. The number of likely N-dealkylation sites (N-methyl/N-ethyl adjacent to an activating group) is 1. The van der Waals surface area contributed by atoms with E-state index in [0.717, 1.165) is 6.54 Å². The van der Waals surface area contributed by atoms with Gasteiger partial charge in [-0.25, -0.2) is 4.79 Å². The molecule has 2 aromatic carbocycles. The van der Waals surface area contributed by atoms with Gasteiger partial charge in [-0.1, -0.05) is 42.4 Å². The predicted octanol–water partition coefficient (Wildman–Crippen LogP) is 4.22. The van der Waals surface area contributed by atoms with Gasteiger partial charge in [0.2, 0.25) is 5.91 Å². The number of fused-ring (bicyclic) bond motifs is 1. The van der Waals surface area contributed by atoms with Gasteiger partial charge in [0, 0.05) is 36.8 Å². The van der Waals surface area contributed by atoms with Crippen LogP contribution >= 0.6 is 0 Å². The van der Waals surface area contributed by atoms with Crippen molar-refractivity contribution in [2.75, 3.05) is 37.4 Å². The van der Waals surface area contributed by atoms with Gasteiger partial charge >= 0.3 is 6.03 Å². The average Bonchev–Trinajstić information content (AvgIpc) is 3.25. The van der Waals surface area contributed by atoms with Gasteiger partial charge in [0.25, 0.3) is 0 Å². The van der Waals surface area contributed by atoms with E-state index in [4.69, 9.17) is 9.26 Å². The first-order valence-corrected chi connectivity index (χ1v) is 13.6. The maximum Gasteiger partial charge on any atom is 0.323 e. The average molecular weight is 550 g/mol. The van der Waals surface area contributed by atoms with Crippen molar-refractivity contribution in [3.63, 3.8) is 0 Å². The molecule has 1 aliphatic heterocycles. The van der Waals surface area contributed by atoms with Crippen LogP contribution in [-0.2, 0) is 17.8 Å². The number of carbonyl (C=O) groups is 2. The maximum atomic E-state index is 13.5. The summed E-state index contributed by atoms with van der Waals surface area (Å²) in [4.78, 5) is 30.1. The monoisotopic (exact) mass is 549 g/mol. The number of urea groups is 1. The second kappa shape index (κ2) is 13.0. The summed E-state index contributed by atoms with van der Waals surface area (Å²) >= 11 is 0. The Morgan fingerprint density at radius 3 is 2.62 bits per heavy atom. The first kappa shape index (κ1) is 29.1. The Kier molecular flexibility index (Phi) is 9.44. The highest BCUT2D eigenvalue weighted by atomic mass is 16.5. The van der Waals surface area contributed by atoms with E-state index in [-0.39, 0.29) is 37.0 Å². The Labute approximate surface area is 235 Å². The Hall–Kier alpha value is -3.89. The van der Waals surface area contributed by atoms with Crippen molar-refractivity contribution in [2.45, 2.75) is 52.8 Å². The number of amides is 3. The van der Waals surface area contributed by atoms with E-state index in [1.165, 1.54) is 5.56 Å². The fourth-order valence-electron chi connectivity index (χ4n) is 4.93. The molecular formula is C30H39N5O5. The first-order chi connectivity index (χ1) is 19.1. The number of aliphatic hydroxyl groups is 1. The summed E-state index contributed by atoms with van der Waals surface area (Å²) < 4.78 is 11.7. The van der Waals surface area contributed by atoms with Crippen molar-refractivity contribution >= 4 is 23.3 Å². The lowest BCUT2D eigenvalue weighted by atomic mass is 10.0. The topological polar surface area (TPSA) is 120 Å². The van der Waals surface area contributed by atoms with Crippen molar-refractivity contribution in [1.29, 1.82) is 0 Å². The van der Waals surface area contributed by atoms with Crippen molar-refractivity contribution in [3.05, 3.63) is 71.1 Å². The molecule has 4 rings (SSSR count). The summed E-state index contributed by atoms with van der Waals surface area (Å²) in [6.45, 7) is 9.13. The Bertz CT molecular complexity index is 1290.